The van der Waals surface area contributed by atoms with Crippen molar-refractivity contribution >= 4 is 5.97 Å². The lowest BCUT2D eigenvalue weighted by Crippen LogP contribution is -2.50. The quantitative estimate of drug-likeness (QED) is 0.461. The Kier molecular flexibility index (Phi) is 6.40. The summed E-state index contributed by atoms with van der Waals surface area (Å²) in [6.45, 7) is 11.6. The molecular formula is C28H46O3. The number of aliphatic hydroxyl groups excluding tert-OH is 1. The standard InChI is InChI=1S/C28H46O3/c1-17(19(3)26(30)31)6-7-18(2)23-10-11-24-22-9-8-20-16-21(29)12-14-27(20,4)25(22)13-15-28(23,24)5/h8,17-19,21-25,29H,6-7,9-16H2,1-5H3,(H,30,31)/t17-,18-,19?,21+,22+,23-,24+,25+,27+,28-/m1/s1. The highest BCUT2D eigenvalue weighted by Gasteiger charge is 2.59. The van der Waals surface area contributed by atoms with Gasteiger partial charge in [-0.25, -0.2) is 0 Å². The van der Waals surface area contributed by atoms with E-state index in [1.54, 1.807) is 5.57 Å². The number of aliphatic carboxylic acids is 1. The first-order valence-corrected chi connectivity index (χ1v) is 13.2. The Balaban J connectivity index is 1.45. The van der Waals surface area contributed by atoms with E-state index in [1.807, 2.05) is 6.92 Å². The second kappa shape index (κ2) is 8.50. The minimum atomic E-state index is -0.653. The maximum absolute atomic E-state index is 11.3. The zero-order chi connectivity index (χ0) is 22.6. The summed E-state index contributed by atoms with van der Waals surface area (Å²) in [6.07, 6.45) is 14.4. The third-order valence-corrected chi connectivity index (χ3v) is 11.2. The van der Waals surface area contributed by atoms with E-state index in [0.29, 0.717) is 16.7 Å². The summed E-state index contributed by atoms with van der Waals surface area (Å²) >= 11 is 0. The van der Waals surface area contributed by atoms with Crippen molar-refractivity contribution in [3.8, 4) is 0 Å². The van der Waals surface area contributed by atoms with E-state index >= 15 is 0 Å². The average Bonchev–Trinajstić information content (AvgIpc) is 3.09. The van der Waals surface area contributed by atoms with Gasteiger partial charge in [0.1, 0.15) is 0 Å². The second-order valence-electron chi connectivity index (χ2n) is 12.5. The Morgan fingerprint density at radius 3 is 2.52 bits per heavy atom. The zero-order valence-electron chi connectivity index (χ0n) is 20.6. The smallest absolute Gasteiger partial charge is 0.306 e. The Hall–Kier alpha value is -0.830. The number of hydrogen-bond donors (Lipinski definition) is 2. The Morgan fingerprint density at radius 1 is 1.06 bits per heavy atom. The number of fused-ring (bicyclic) bond motifs is 5. The van der Waals surface area contributed by atoms with Gasteiger partial charge in [-0.3, -0.25) is 4.79 Å². The first-order valence-electron chi connectivity index (χ1n) is 13.2. The summed E-state index contributed by atoms with van der Waals surface area (Å²) in [7, 11) is 0. The van der Waals surface area contributed by atoms with Gasteiger partial charge in [-0.2, -0.15) is 0 Å². The van der Waals surface area contributed by atoms with Gasteiger partial charge in [-0.15, -0.1) is 0 Å². The number of carbonyl (C=O) groups is 1. The van der Waals surface area contributed by atoms with Crippen LogP contribution < -0.4 is 0 Å². The molecule has 4 aliphatic rings. The topological polar surface area (TPSA) is 57.5 Å². The molecule has 0 aromatic rings. The van der Waals surface area contributed by atoms with E-state index in [4.69, 9.17) is 0 Å². The van der Waals surface area contributed by atoms with Crippen LogP contribution in [0.5, 0.6) is 0 Å². The van der Waals surface area contributed by atoms with Crippen LogP contribution in [0.15, 0.2) is 11.6 Å². The highest BCUT2D eigenvalue weighted by molar-refractivity contribution is 5.69. The molecule has 0 bridgehead atoms. The van der Waals surface area contributed by atoms with Crippen molar-refractivity contribution in [2.75, 3.05) is 0 Å². The number of rotatable bonds is 6. The minimum Gasteiger partial charge on any atom is -0.481 e. The van der Waals surface area contributed by atoms with E-state index in [1.165, 1.54) is 44.9 Å². The van der Waals surface area contributed by atoms with Crippen LogP contribution in [0.4, 0.5) is 0 Å². The van der Waals surface area contributed by atoms with Crippen molar-refractivity contribution < 1.29 is 15.0 Å². The molecule has 3 nitrogen and oxygen atoms in total. The monoisotopic (exact) mass is 430 g/mol. The lowest BCUT2D eigenvalue weighted by Gasteiger charge is -2.58. The van der Waals surface area contributed by atoms with Crippen LogP contribution in [0.2, 0.25) is 0 Å². The van der Waals surface area contributed by atoms with Gasteiger partial charge in [0.15, 0.2) is 0 Å². The van der Waals surface area contributed by atoms with Gasteiger partial charge in [0, 0.05) is 0 Å². The van der Waals surface area contributed by atoms with Crippen LogP contribution in [0, 0.1) is 52.3 Å². The number of carboxylic acid groups (broad SMARTS) is 1. The molecule has 10 atom stereocenters. The highest BCUT2D eigenvalue weighted by Crippen LogP contribution is 2.67. The van der Waals surface area contributed by atoms with Gasteiger partial charge in [0.25, 0.3) is 0 Å². The van der Waals surface area contributed by atoms with Gasteiger partial charge in [-0.1, -0.05) is 52.7 Å². The first-order chi connectivity index (χ1) is 14.6. The van der Waals surface area contributed by atoms with E-state index in [-0.39, 0.29) is 17.9 Å². The maximum Gasteiger partial charge on any atom is 0.306 e. The maximum atomic E-state index is 11.3. The third kappa shape index (κ3) is 3.91. The van der Waals surface area contributed by atoms with Gasteiger partial charge in [0.2, 0.25) is 0 Å². The van der Waals surface area contributed by atoms with Gasteiger partial charge >= 0.3 is 5.97 Å². The number of allylic oxidation sites excluding steroid dienone is 1. The summed E-state index contributed by atoms with van der Waals surface area (Å²) in [4.78, 5) is 11.3. The van der Waals surface area contributed by atoms with E-state index < -0.39 is 5.97 Å². The molecule has 3 heteroatoms. The molecule has 0 amide bonds. The Bertz CT molecular complexity index is 713. The Morgan fingerprint density at radius 2 is 1.81 bits per heavy atom. The lowest BCUT2D eigenvalue weighted by molar-refractivity contribution is -0.142. The molecule has 0 aromatic carbocycles. The van der Waals surface area contributed by atoms with Crippen LogP contribution in [0.3, 0.4) is 0 Å². The summed E-state index contributed by atoms with van der Waals surface area (Å²) in [5.41, 5.74) is 2.36. The third-order valence-electron chi connectivity index (χ3n) is 11.2. The molecule has 0 heterocycles. The second-order valence-corrected chi connectivity index (χ2v) is 12.5. The fraction of sp³-hybridized carbons (Fsp3) is 0.893. The summed E-state index contributed by atoms with van der Waals surface area (Å²) < 4.78 is 0. The number of aliphatic hydroxyl groups is 1. The summed E-state index contributed by atoms with van der Waals surface area (Å²) in [5, 5.41) is 19.6. The molecule has 2 N–H and O–H groups in total. The van der Waals surface area contributed by atoms with Crippen LogP contribution in [-0.4, -0.2) is 22.3 Å². The molecule has 0 spiro atoms. The van der Waals surface area contributed by atoms with Crippen molar-refractivity contribution in [1.29, 1.82) is 0 Å². The van der Waals surface area contributed by atoms with Gasteiger partial charge in [-0.05, 0) is 104 Å². The highest BCUT2D eigenvalue weighted by atomic mass is 16.4. The molecule has 0 saturated heterocycles. The van der Waals surface area contributed by atoms with E-state index in [0.717, 1.165) is 42.9 Å². The normalized spacial score (nSPS) is 45.0. The van der Waals surface area contributed by atoms with Gasteiger partial charge < -0.3 is 10.2 Å². The first kappa shape index (κ1) is 23.3. The van der Waals surface area contributed by atoms with E-state index in [2.05, 4.69) is 33.8 Å². The minimum absolute atomic E-state index is 0.118. The predicted octanol–water partition coefficient (Wildman–Crippen LogP) is 6.70. The summed E-state index contributed by atoms with van der Waals surface area (Å²) in [6, 6.07) is 0. The molecule has 0 aliphatic heterocycles. The van der Waals surface area contributed by atoms with Crippen molar-refractivity contribution in [2.24, 2.45) is 52.3 Å². The molecular weight excluding hydrogens is 384 g/mol. The van der Waals surface area contributed by atoms with Gasteiger partial charge in [0.05, 0.1) is 12.0 Å². The SMILES string of the molecule is CC(C(=O)O)[C@H](C)CC[C@@H](C)[C@H]1CC[C@H]2[C@@H]3CC=C4C[C@@H](O)CC[C@]4(C)[C@H]3CC[C@]12C. The van der Waals surface area contributed by atoms with Crippen LogP contribution in [-0.2, 0) is 4.79 Å². The number of carboxylic acids is 1. The van der Waals surface area contributed by atoms with Crippen LogP contribution in [0.25, 0.3) is 0 Å². The molecule has 176 valence electrons. The van der Waals surface area contributed by atoms with Crippen molar-refractivity contribution in [3.63, 3.8) is 0 Å². The fourth-order valence-electron chi connectivity index (χ4n) is 8.84. The fourth-order valence-corrected chi connectivity index (χ4v) is 8.84. The largest absolute Gasteiger partial charge is 0.481 e. The predicted molar refractivity (Wildman–Crippen MR) is 126 cm³/mol. The molecule has 31 heavy (non-hydrogen) atoms. The number of hydrogen-bond acceptors (Lipinski definition) is 2. The molecule has 3 fully saturated rings. The molecule has 0 radical (unpaired) electrons. The van der Waals surface area contributed by atoms with Crippen LogP contribution >= 0.6 is 0 Å². The molecule has 0 aromatic heterocycles. The van der Waals surface area contributed by atoms with E-state index in [9.17, 15) is 15.0 Å². The van der Waals surface area contributed by atoms with Crippen molar-refractivity contribution in [2.45, 2.75) is 105 Å². The molecule has 4 rings (SSSR count). The van der Waals surface area contributed by atoms with Crippen molar-refractivity contribution in [3.05, 3.63) is 11.6 Å². The Labute approximate surface area is 190 Å². The van der Waals surface area contributed by atoms with Crippen LogP contribution in [0.1, 0.15) is 98.8 Å². The van der Waals surface area contributed by atoms with Crippen molar-refractivity contribution in [1.82, 2.24) is 0 Å². The molecule has 1 unspecified atom stereocenters. The molecule has 4 aliphatic carbocycles. The average molecular weight is 431 g/mol. The molecule has 3 saturated carbocycles. The lowest BCUT2D eigenvalue weighted by atomic mass is 9.47. The summed E-state index contributed by atoms with van der Waals surface area (Å²) in [5.74, 6) is 3.31. The zero-order valence-corrected chi connectivity index (χ0v) is 20.6.